The smallest absolute Gasteiger partial charge is 0.220 e. The number of nitrogens with one attached hydrogen (secondary N) is 1. The van der Waals surface area contributed by atoms with E-state index in [4.69, 9.17) is 9.47 Å². The summed E-state index contributed by atoms with van der Waals surface area (Å²) in [4.78, 5) is 14.4. The van der Waals surface area contributed by atoms with Gasteiger partial charge in [0.25, 0.3) is 0 Å². The summed E-state index contributed by atoms with van der Waals surface area (Å²) in [5, 5.41) is 3.09. The SMILES string of the molecule is COCCOCCCC(=O)NCC1CCCN(Cc2ccccc2)C1. The van der Waals surface area contributed by atoms with Crippen LogP contribution in [0, 0.1) is 5.92 Å². The summed E-state index contributed by atoms with van der Waals surface area (Å²) < 4.78 is 10.3. The average molecular weight is 348 g/mol. The number of rotatable bonds is 11. The Morgan fingerprint density at radius 3 is 2.88 bits per heavy atom. The van der Waals surface area contributed by atoms with Crippen molar-refractivity contribution < 1.29 is 14.3 Å². The van der Waals surface area contributed by atoms with Gasteiger partial charge in [0.15, 0.2) is 0 Å². The second kappa shape index (κ2) is 12.0. The third-order valence-electron chi connectivity index (χ3n) is 4.56. The predicted molar refractivity (Wildman–Crippen MR) is 99.4 cm³/mol. The van der Waals surface area contributed by atoms with E-state index in [0.29, 0.717) is 32.2 Å². The van der Waals surface area contributed by atoms with Crippen molar-refractivity contribution in [3.05, 3.63) is 35.9 Å². The molecule has 1 atom stereocenters. The summed E-state index contributed by atoms with van der Waals surface area (Å²) in [5.74, 6) is 0.690. The lowest BCUT2D eigenvalue weighted by atomic mass is 9.97. The Morgan fingerprint density at radius 2 is 2.08 bits per heavy atom. The van der Waals surface area contributed by atoms with Crippen LogP contribution in [0.2, 0.25) is 0 Å². The molecule has 5 nitrogen and oxygen atoms in total. The van der Waals surface area contributed by atoms with Crippen LogP contribution in [-0.4, -0.2) is 57.4 Å². The van der Waals surface area contributed by atoms with Crippen LogP contribution in [0.3, 0.4) is 0 Å². The van der Waals surface area contributed by atoms with Gasteiger partial charge >= 0.3 is 0 Å². The molecule has 1 aromatic rings. The summed E-state index contributed by atoms with van der Waals surface area (Å²) >= 11 is 0. The number of nitrogens with zero attached hydrogens (tertiary/aromatic N) is 1. The first-order chi connectivity index (χ1) is 12.3. The van der Waals surface area contributed by atoms with Crippen LogP contribution in [0.5, 0.6) is 0 Å². The Kier molecular flexibility index (Phi) is 9.55. The van der Waals surface area contributed by atoms with Crippen molar-refractivity contribution in [3.8, 4) is 0 Å². The Morgan fingerprint density at radius 1 is 1.24 bits per heavy atom. The van der Waals surface area contributed by atoms with Crippen molar-refractivity contribution in [3.63, 3.8) is 0 Å². The summed E-state index contributed by atoms with van der Waals surface area (Å²) in [6.07, 6.45) is 3.71. The number of hydrogen-bond donors (Lipinski definition) is 1. The van der Waals surface area contributed by atoms with E-state index in [1.165, 1.54) is 18.4 Å². The average Bonchev–Trinajstić information content (AvgIpc) is 2.64. The van der Waals surface area contributed by atoms with Crippen LogP contribution >= 0.6 is 0 Å². The minimum absolute atomic E-state index is 0.135. The van der Waals surface area contributed by atoms with Gasteiger partial charge in [0, 0.05) is 39.8 Å². The van der Waals surface area contributed by atoms with Gasteiger partial charge in [0.1, 0.15) is 0 Å². The minimum Gasteiger partial charge on any atom is -0.382 e. The predicted octanol–water partition coefficient (Wildman–Crippen LogP) is 2.46. The van der Waals surface area contributed by atoms with E-state index in [2.05, 4.69) is 40.5 Å². The molecule has 0 saturated carbocycles. The maximum Gasteiger partial charge on any atom is 0.220 e. The Balaban J connectivity index is 1.58. The van der Waals surface area contributed by atoms with Gasteiger partial charge in [-0.15, -0.1) is 0 Å². The van der Waals surface area contributed by atoms with Crippen molar-refractivity contribution in [2.24, 2.45) is 5.92 Å². The lowest BCUT2D eigenvalue weighted by Crippen LogP contribution is -2.40. The summed E-state index contributed by atoms with van der Waals surface area (Å²) in [6.45, 7) is 5.82. The number of piperidine rings is 1. The summed E-state index contributed by atoms with van der Waals surface area (Å²) in [7, 11) is 1.66. The second-order valence-corrected chi connectivity index (χ2v) is 6.74. The first kappa shape index (κ1) is 19.9. The lowest BCUT2D eigenvalue weighted by molar-refractivity contribution is -0.121. The van der Waals surface area contributed by atoms with Crippen LogP contribution in [0.4, 0.5) is 0 Å². The quantitative estimate of drug-likeness (QED) is 0.624. The third kappa shape index (κ3) is 8.47. The van der Waals surface area contributed by atoms with Gasteiger partial charge in [0.2, 0.25) is 5.91 Å². The number of hydrogen-bond acceptors (Lipinski definition) is 4. The molecule has 0 bridgehead atoms. The molecule has 1 fully saturated rings. The number of methoxy groups -OCH3 is 1. The fourth-order valence-electron chi connectivity index (χ4n) is 3.23. The van der Waals surface area contributed by atoms with Crippen LogP contribution < -0.4 is 5.32 Å². The number of carbonyl (C=O) groups excluding carboxylic acids is 1. The minimum atomic E-state index is 0.135. The number of benzene rings is 1. The highest BCUT2D eigenvalue weighted by molar-refractivity contribution is 5.75. The zero-order valence-corrected chi connectivity index (χ0v) is 15.4. The molecular formula is C20H32N2O3. The molecule has 1 saturated heterocycles. The molecule has 1 aliphatic rings. The van der Waals surface area contributed by atoms with Gasteiger partial charge < -0.3 is 14.8 Å². The van der Waals surface area contributed by atoms with Crippen molar-refractivity contribution in [1.82, 2.24) is 10.2 Å². The zero-order chi connectivity index (χ0) is 17.7. The van der Waals surface area contributed by atoms with Crippen molar-refractivity contribution >= 4 is 5.91 Å². The van der Waals surface area contributed by atoms with Crippen LogP contribution in [-0.2, 0) is 20.8 Å². The van der Waals surface area contributed by atoms with E-state index < -0.39 is 0 Å². The summed E-state index contributed by atoms with van der Waals surface area (Å²) in [5.41, 5.74) is 1.36. The van der Waals surface area contributed by atoms with Gasteiger partial charge in [-0.2, -0.15) is 0 Å². The van der Waals surface area contributed by atoms with E-state index in [0.717, 1.165) is 32.6 Å². The van der Waals surface area contributed by atoms with Gasteiger partial charge in [-0.1, -0.05) is 30.3 Å². The Labute approximate surface area is 151 Å². The molecular weight excluding hydrogens is 316 g/mol. The molecule has 1 heterocycles. The summed E-state index contributed by atoms with van der Waals surface area (Å²) in [6, 6.07) is 10.6. The molecule has 0 radical (unpaired) electrons. The molecule has 0 spiro atoms. The molecule has 0 aliphatic carbocycles. The fourth-order valence-corrected chi connectivity index (χ4v) is 3.23. The standard InChI is InChI=1S/C20H32N2O3/c1-24-13-14-25-12-6-10-20(23)21-15-19-9-5-11-22(17-19)16-18-7-3-2-4-8-18/h2-4,7-8,19H,5-6,9-17H2,1H3,(H,21,23). The molecule has 0 aromatic heterocycles. The van der Waals surface area contributed by atoms with Crippen molar-refractivity contribution in [1.29, 1.82) is 0 Å². The monoisotopic (exact) mass is 348 g/mol. The fraction of sp³-hybridized carbons (Fsp3) is 0.650. The second-order valence-electron chi connectivity index (χ2n) is 6.74. The van der Waals surface area contributed by atoms with E-state index in [-0.39, 0.29) is 5.91 Å². The highest BCUT2D eigenvalue weighted by Crippen LogP contribution is 2.18. The molecule has 1 amide bonds. The zero-order valence-electron chi connectivity index (χ0n) is 15.4. The first-order valence-electron chi connectivity index (χ1n) is 9.37. The Hall–Kier alpha value is -1.43. The van der Waals surface area contributed by atoms with E-state index in [1.807, 2.05) is 0 Å². The molecule has 140 valence electrons. The molecule has 25 heavy (non-hydrogen) atoms. The molecule has 1 unspecified atom stereocenters. The van der Waals surface area contributed by atoms with E-state index in [1.54, 1.807) is 7.11 Å². The largest absolute Gasteiger partial charge is 0.382 e. The van der Waals surface area contributed by atoms with Gasteiger partial charge in [-0.3, -0.25) is 9.69 Å². The van der Waals surface area contributed by atoms with Crippen LogP contribution in [0.1, 0.15) is 31.2 Å². The van der Waals surface area contributed by atoms with Gasteiger partial charge in [0.05, 0.1) is 13.2 Å². The topological polar surface area (TPSA) is 50.8 Å². The number of likely N-dealkylation sites (tertiary alicyclic amines) is 1. The Bertz CT molecular complexity index is 481. The lowest BCUT2D eigenvalue weighted by Gasteiger charge is -2.32. The van der Waals surface area contributed by atoms with Gasteiger partial charge in [-0.25, -0.2) is 0 Å². The maximum atomic E-state index is 11.9. The number of carbonyl (C=O) groups is 1. The van der Waals surface area contributed by atoms with Crippen molar-refractivity contribution in [2.75, 3.05) is 46.6 Å². The molecule has 1 aromatic carbocycles. The highest BCUT2D eigenvalue weighted by atomic mass is 16.5. The molecule has 1 N–H and O–H groups in total. The van der Waals surface area contributed by atoms with Crippen LogP contribution in [0.15, 0.2) is 30.3 Å². The number of amides is 1. The van der Waals surface area contributed by atoms with E-state index >= 15 is 0 Å². The first-order valence-corrected chi connectivity index (χ1v) is 9.37. The molecule has 2 rings (SSSR count). The molecule has 5 heteroatoms. The maximum absolute atomic E-state index is 11.9. The number of ether oxygens (including phenoxy) is 2. The van der Waals surface area contributed by atoms with Gasteiger partial charge in [-0.05, 0) is 37.3 Å². The van der Waals surface area contributed by atoms with Crippen molar-refractivity contribution in [2.45, 2.75) is 32.2 Å². The highest BCUT2D eigenvalue weighted by Gasteiger charge is 2.20. The molecule has 1 aliphatic heterocycles. The van der Waals surface area contributed by atoms with E-state index in [9.17, 15) is 4.79 Å². The third-order valence-corrected chi connectivity index (χ3v) is 4.56. The normalized spacial score (nSPS) is 18.2. The van der Waals surface area contributed by atoms with Crippen LogP contribution in [0.25, 0.3) is 0 Å².